The van der Waals surface area contributed by atoms with Gasteiger partial charge in [0.2, 0.25) is 0 Å². The second-order valence-corrected chi connectivity index (χ2v) is 8.26. The van der Waals surface area contributed by atoms with Gasteiger partial charge in [0.05, 0.1) is 6.61 Å². The molecule has 2 atom stereocenters. The number of nitrogens with zero attached hydrogens (tertiary/aromatic N) is 2. The molecular weight excluding hydrogens is 391 g/mol. The van der Waals surface area contributed by atoms with Crippen molar-refractivity contribution in [2.75, 3.05) is 6.61 Å². The fraction of sp³-hybridized carbons (Fsp3) is 0.263. The van der Waals surface area contributed by atoms with E-state index < -0.39 is 6.10 Å². The molecule has 3 heterocycles. The number of benzene rings is 1. The summed E-state index contributed by atoms with van der Waals surface area (Å²) in [5, 5.41) is 11.7. The van der Waals surface area contributed by atoms with E-state index in [4.69, 9.17) is 27.9 Å². The lowest BCUT2D eigenvalue weighted by Gasteiger charge is -2.26. The first kappa shape index (κ1) is 17.9. The Kier molecular flexibility index (Phi) is 4.99. The predicted molar refractivity (Wildman–Crippen MR) is 103 cm³/mol. The molecule has 1 aliphatic heterocycles. The molecule has 0 amide bonds. The van der Waals surface area contributed by atoms with Crippen molar-refractivity contribution in [3.8, 4) is 0 Å². The van der Waals surface area contributed by atoms with Crippen LogP contribution in [0.25, 0.3) is 0 Å². The first-order valence-corrected chi connectivity index (χ1v) is 9.75. The van der Waals surface area contributed by atoms with E-state index in [9.17, 15) is 5.11 Å². The van der Waals surface area contributed by atoms with E-state index in [0.717, 1.165) is 27.3 Å². The molecule has 3 aromatic rings. The maximum atomic E-state index is 10.7. The summed E-state index contributed by atoms with van der Waals surface area (Å²) >= 11 is 13.8. The molecule has 0 spiro atoms. The zero-order valence-electron chi connectivity index (χ0n) is 13.9. The summed E-state index contributed by atoms with van der Waals surface area (Å²) in [6, 6.07) is 7.92. The van der Waals surface area contributed by atoms with Crippen LogP contribution in [-0.4, -0.2) is 21.7 Å². The highest BCUT2D eigenvalue weighted by Gasteiger charge is 2.27. The summed E-state index contributed by atoms with van der Waals surface area (Å²) in [6.07, 6.45) is 2.72. The van der Waals surface area contributed by atoms with Crippen LogP contribution in [0.3, 0.4) is 0 Å². The Balaban J connectivity index is 1.73. The number of ether oxygens (including phenoxy) is 1. The standard InChI is InChI=1S/C19H16Cl2N2O2S/c1-10-13(18-14-6-12(20)3-2-11(14)4-5-25-18)7-16(26-10)17(24)15-8-22-9-23-19(15)21/h2-3,6-9,17-18,24H,4-5H2,1H3/t17-,18+/m1/s1. The van der Waals surface area contributed by atoms with Gasteiger partial charge >= 0.3 is 0 Å². The predicted octanol–water partition coefficient (Wildman–Crippen LogP) is 4.90. The molecule has 26 heavy (non-hydrogen) atoms. The van der Waals surface area contributed by atoms with Crippen LogP contribution in [0.4, 0.5) is 0 Å². The zero-order chi connectivity index (χ0) is 18.3. The summed E-state index contributed by atoms with van der Waals surface area (Å²) in [7, 11) is 0. The van der Waals surface area contributed by atoms with Gasteiger partial charge in [0.15, 0.2) is 0 Å². The molecule has 7 heteroatoms. The summed E-state index contributed by atoms with van der Waals surface area (Å²) in [5.74, 6) is 0. The second-order valence-electron chi connectivity index (χ2n) is 6.18. The molecule has 0 aliphatic carbocycles. The lowest BCUT2D eigenvalue weighted by atomic mass is 9.93. The van der Waals surface area contributed by atoms with Gasteiger partial charge in [-0.3, -0.25) is 0 Å². The number of aliphatic hydroxyl groups excluding tert-OH is 1. The molecule has 0 fully saturated rings. The van der Waals surface area contributed by atoms with Crippen molar-refractivity contribution >= 4 is 34.5 Å². The molecule has 1 N–H and O–H groups in total. The van der Waals surface area contributed by atoms with E-state index in [2.05, 4.69) is 16.0 Å². The third-order valence-electron chi connectivity index (χ3n) is 4.56. The third kappa shape index (κ3) is 3.26. The minimum absolute atomic E-state index is 0.183. The number of fused-ring (bicyclic) bond motifs is 1. The Bertz CT molecular complexity index is 960. The van der Waals surface area contributed by atoms with Gasteiger partial charge in [-0.15, -0.1) is 11.3 Å². The normalized spacial score (nSPS) is 17.8. The molecule has 2 aromatic heterocycles. The summed E-state index contributed by atoms with van der Waals surface area (Å²) in [5.41, 5.74) is 3.87. The van der Waals surface area contributed by atoms with E-state index in [1.807, 2.05) is 25.1 Å². The Morgan fingerprint density at radius 2 is 2.12 bits per heavy atom. The number of halogens is 2. The van der Waals surface area contributed by atoms with Crippen molar-refractivity contribution in [2.45, 2.75) is 25.6 Å². The highest BCUT2D eigenvalue weighted by Crippen LogP contribution is 2.41. The number of hydrogen-bond donors (Lipinski definition) is 1. The third-order valence-corrected chi connectivity index (χ3v) is 6.23. The number of thiophene rings is 1. The van der Waals surface area contributed by atoms with E-state index in [1.54, 1.807) is 6.20 Å². The van der Waals surface area contributed by atoms with Gasteiger partial charge in [0.25, 0.3) is 0 Å². The molecule has 0 saturated carbocycles. The van der Waals surface area contributed by atoms with E-state index >= 15 is 0 Å². The number of hydrogen-bond acceptors (Lipinski definition) is 5. The molecule has 1 aromatic carbocycles. The van der Waals surface area contributed by atoms with E-state index in [0.29, 0.717) is 17.2 Å². The average molecular weight is 407 g/mol. The van der Waals surface area contributed by atoms with Crippen molar-refractivity contribution in [2.24, 2.45) is 0 Å². The van der Waals surface area contributed by atoms with Crippen LogP contribution < -0.4 is 0 Å². The summed E-state index contributed by atoms with van der Waals surface area (Å²) in [4.78, 5) is 9.78. The number of aliphatic hydroxyl groups is 1. The van der Waals surface area contributed by atoms with Crippen LogP contribution in [0.5, 0.6) is 0 Å². The number of aryl methyl sites for hydroxylation is 1. The topological polar surface area (TPSA) is 55.2 Å². The van der Waals surface area contributed by atoms with Gasteiger partial charge in [-0.05, 0) is 48.2 Å². The average Bonchev–Trinajstić information content (AvgIpc) is 3.02. The largest absolute Gasteiger partial charge is 0.383 e. The van der Waals surface area contributed by atoms with Crippen LogP contribution >= 0.6 is 34.5 Å². The van der Waals surface area contributed by atoms with Gasteiger partial charge in [0, 0.05) is 26.5 Å². The summed E-state index contributed by atoms with van der Waals surface area (Å²) < 4.78 is 6.06. The second kappa shape index (κ2) is 7.25. The quantitative estimate of drug-likeness (QED) is 0.628. The molecule has 134 valence electrons. The lowest BCUT2D eigenvalue weighted by Crippen LogP contribution is -2.17. The highest BCUT2D eigenvalue weighted by atomic mass is 35.5. The number of rotatable bonds is 3. The molecule has 4 rings (SSSR count). The maximum absolute atomic E-state index is 10.7. The van der Waals surface area contributed by atoms with Gasteiger partial charge in [-0.2, -0.15) is 0 Å². The first-order chi connectivity index (χ1) is 12.5. The molecule has 1 aliphatic rings. The van der Waals surface area contributed by atoms with Crippen LogP contribution in [0, 0.1) is 6.92 Å². The first-order valence-electron chi connectivity index (χ1n) is 8.18. The van der Waals surface area contributed by atoms with Crippen molar-refractivity contribution < 1.29 is 9.84 Å². The summed E-state index contributed by atoms with van der Waals surface area (Å²) in [6.45, 7) is 2.69. The highest BCUT2D eigenvalue weighted by molar-refractivity contribution is 7.12. The van der Waals surface area contributed by atoms with Crippen LogP contribution in [-0.2, 0) is 11.2 Å². The van der Waals surface area contributed by atoms with E-state index in [1.165, 1.54) is 23.2 Å². The minimum Gasteiger partial charge on any atom is -0.383 e. The van der Waals surface area contributed by atoms with Gasteiger partial charge < -0.3 is 9.84 Å². The maximum Gasteiger partial charge on any atom is 0.138 e. The lowest BCUT2D eigenvalue weighted by molar-refractivity contribution is 0.0697. The Morgan fingerprint density at radius 3 is 2.92 bits per heavy atom. The zero-order valence-corrected chi connectivity index (χ0v) is 16.3. The molecule has 0 bridgehead atoms. The van der Waals surface area contributed by atoms with E-state index in [-0.39, 0.29) is 11.3 Å². The molecule has 0 saturated heterocycles. The molecule has 0 unspecified atom stereocenters. The van der Waals surface area contributed by atoms with Gasteiger partial charge in [-0.1, -0.05) is 29.3 Å². The number of aromatic nitrogens is 2. The van der Waals surface area contributed by atoms with Crippen molar-refractivity contribution in [3.63, 3.8) is 0 Å². The van der Waals surface area contributed by atoms with Crippen LogP contribution in [0.15, 0.2) is 36.8 Å². The Morgan fingerprint density at radius 1 is 1.27 bits per heavy atom. The molecular formula is C19H16Cl2N2O2S. The van der Waals surface area contributed by atoms with Crippen LogP contribution in [0.1, 0.15) is 44.2 Å². The minimum atomic E-state index is -0.872. The van der Waals surface area contributed by atoms with Crippen molar-refractivity contribution in [1.82, 2.24) is 9.97 Å². The fourth-order valence-electron chi connectivity index (χ4n) is 3.25. The SMILES string of the molecule is Cc1sc([C@H](O)c2cncnc2Cl)cc1[C@@H]1OCCc2ccc(Cl)cc21. The molecule has 4 nitrogen and oxygen atoms in total. The molecule has 0 radical (unpaired) electrons. The Labute approximate surface area is 165 Å². The van der Waals surface area contributed by atoms with Gasteiger partial charge in [0.1, 0.15) is 23.7 Å². The van der Waals surface area contributed by atoms with Crippen LogP contribution in [0.2, 0.25) is 10.2 Å². The van der Waals surface area contributed by atoms with Crippen molar-refractivity contribution in [3.05, 3.63) is 79.0 Å². The smallest absolute Gasteiger partial charge is 0.138 e. The fourth-order valence-corrected chi connectivity index (χ4v) is 4.69. The van der Waals surface area contributed by atoms with Crippen molar-refractivity contribution in [1.29, 1.82) is 0 Å². The monoisotopic (exact) mass is 406 g/mol. The Hall–Kier alpha value is -1.50. The van der Waals surface area contributed by atoms with Gasteiger partial charge in [-0.25, -0.2) is 9.97 Å².